The van der Waals surface area contributed by atoms with Crippen molar-refractivity contribution in [2.24, 2.45) is 0 Å². The van der Waals surface area contributed by atoms with Gasteiger partial charge in [0.25, 0.3) is 0 Å². The van der Waals surface area contributed by atoms with Gasteiger partial charge in [0.1, 0.15) is 0 Å². The molecule has 1 aromatic rings. The van der Waals surface area contributed by atoms with Crippen LogP contribution in [0, 0.1) is 10.1 Å². The van der Waals surface area contributed by atoms with Crippen LogP contribution in [0.1, 0.15) is 26.3 Å². The molecule has 1 N–H and O–H groups in total. The molecule has 0 spiro atoms. The summed E-state index contributed by atoms with van der Waals surface area (Å²) in [5, 5.41) is 11.4. The van der Waals surface area contributed by atoms with Crippen molar-refractivity contribution in [1.82, 2.24) is 9.21 Å². The number of hydrogen-bond acceptors (Lipinski definition) is 6. The maximum absolute atomic E-state index is 12.7. The highest BCUT2D eigenvalue weighted by atomic mass is 32.2. The zero-order valence-corrected chi connectivity index (χ0v) is 16.6. The smallest absolute Gasteiger partial charge is 0.313 e. The van der Waals surface area contributed by atoms with Gasteiger partial charge in [-0.3, -0.25) is 14.8 Å². The molecule has 0 aliphatic carbocycles. The number of piperazine rings is 1. The average molecular weight is 386 g/mol. The Morgan fingerprint density at radius 1 is 1.19 bits per heavy atom. The molecule has 0 aromatic heterocycles. The van der Waals surface area contributed by atoms with Crippen LogP contribution in [0.5, 0.6) is 5.75 Å². The van der Waals surface area contributed by atoms with Crippen molar-refractivity contribution >= 4 is 21.6 Å². The number of benzene rings is 1. The van der Waals surface area contributed by atoms with Crippen molar-refractivity contribution in [1.29, 1.82) is 0 Å². The second-order valence-corrected chi connectivity index (χ2v) is 9.06. The van der Waals surface area contributed by atoms with Crippen molar-refractivity contribution in [3.05, 3.63) is 27.8 Å². The van der Waals surface area contributed by atoms with Crippen molar-refractivity contribution in [2.75, 3.05) is 45.1 Å². The molecule has 1 aliphatic rings. The Morgan fingerprint density at radius 3 is 2.23 bits per heavy atom. The summed E-state index contributed by atoms with van der Waals surface area (Å²) >= 11 is 0. The number of nitrogens with zero attached hydrogens (tertiary/aromatic N) is 3. The van der Waals surface area contributed by atoms with Crippen molar-refractivity contribution in [2.45, 2.75) is 26.2 Å². The molecule has 9 nitrogen and oxygen atoms in total. The highest BCUT2D eigenvalue weighted by molar-refractivity contribution is 7.90. The molecule has 2 rings (SSSR count). The van der Waals surface area contributed by atoms with Crippen LogP contribution < -0.4 is 9.46 Å². The van der Waals surface area contributed by atoms with Crippen LogP contribution in [0.15, 0.2) is 12.1 Å². The van der Waals surface area contributed by atoms with E-state index in [9.17, 15) is 18.5 Å². The van der Waals surface area contributed by atoms with Gasteiger partial charge in [-0.1, -0.05) is 20.8 Å². The monoisotopic (exact) mass is 386 g/mol. The standard InChI is InChI=1S/C16H26N4O5S/c1-16(2,3)12-10-13(15(25-5)14(11-12)20(21)22)17-26(23,24)19-8-6-18(4)7-9-19/h10-11,17H,6-9H2,1-5H3. The third kappa shape index (κ3) is 4.43. The summed E-state index contributed by atoms with van der Waals surface area (Å²) < 4.78 is 34.5. The van der Waals surface area contributed by atoms with Crippen LogP contribution in [-0.4, -0.2) is 62.9 Å². The van der Waals surface area contributed by atoms with Gasteiger partial charge in [-0.2, -0.15) is 12.7 Å². The minimum Gasteiger partial charge on any atom is -0.489 e. The lowest BCUT2D eigenvalue weighted by Gasteiger charge is -2.32. The molecule has 0 atom stereocenters. The fourth-order valence-electron chi connectivity index (χ4n) is 2.70. The van der Waals surface area contributed by atoms with Gasteiger partial charge < -0.3 is 9.64 Å². The van der Waals surface area contributed by atoms with Crippen LogP contribution in [0.2, 0.25) is 0 Å². The zero-order chi connectivity index (χ0) is 19.7. The minimum atomic E-state index is -3.84. The van der Waals surface area contributed by atoms with Crippen LogP contribution >= 0.6 is 0 Å². The first-order valence-corrected chi connectivity index (χ1v) is 9.73. The zero-order valence-electron chi connectivity index (χ0n) is 15.8. The molecule has 0 unspecified atom stereocenters. The minimum absolute atomic E-state index is 0.0746. The Balaban J connectivity index is 2.47. The topological polar surface area (TPSA) is 105 Å². The second-order valence-electron chi connectivity index (χ2n) is 7.39. The van der Waals surface area contributed by atoms with Gasteiger partial charge in [0, 0.05) is 32.2 Å². The maximum Gasteiger partial charge on any atom is 0.313 e. The van der Waals surface area contributed by atoms with E-state index in [-0.39, 0.29) is 17.1 Å². The van der Waals surface area contributed by atoms with E-state index in [0.717, 1.165) is 0 Å². The maximum atomic E-state index is 12.7. The van der Waals surface area contributed by atoms with Gasteiger partial charge in [-0.25, -0.2) is 0 Å². The first-order chi connectivity index (χ1) is 12.0. The molecule has 1 heterocycles. The third-order valence-electron chi connectivity index (χ3n) is 4.38. The summed E-state index contributed by atoms with van der Waals surface area (Å²) in [6.45, 7) is 7.66. The lowest BCUT2D eigenvalue weighted by molar-refractivity contribution is -0.385. The number of anilines is 1. The van der Waals surface area contributed by atoms with E-state index in [1.165, 1.54) is 17.5 Å². The first-order valence-electron chi connectivity index (χ1n) is 8.29. The fraction of sp³-hybridized carbons (Fsp3) is 0.625. The van der Waals surface area contributed by atoms with Crippen LogP contribution in [0.3, 0.4) is 0 Å². The van der Waals surface area contributed by atoms with Crippen LogP contribution in [-0.2, 0) is 15.6 Å². The van der Waals surface area contributed by atoms with Crippen LogP contribution in [0.25, 0.3) is 0 Å². The van der Waals surface area contributed by atoms with E-state index >= 15 is 0 Å². The lowest BCUT2D eigenvalue weighted by Crippen LogP contribution is -2.48. The van der Waals surface area contributed by atoms with E-state index in [4.69, 9.17) is 4.74 Å². The molecule has 146 valence electrons. The van der Waals surface area contributed by atoms with E-state index < -0.39 is 20.5 Å². The Labute approximate surface area is 154 Å². The Hall–Kier alpha value is -1.91. The summed E-state index contributed by atoms with van der Waals surface area (Å²) in [5.74, 6) is -0.0966. The normalized spacial score (nSPS) is 17.1. The van der Waals surface area contributed by atoms with Gasteiger partial charge >= 0.3 is 15.9 Å². The summed E-state index contributed by atoms with van der Waals surface area (Å²) in [6, 6.07) is 3.02. The summed E-state index contributed by atoms with van der Waals surface area (Å²) in [5.41, 5.74) is 0.0491. The van der Waals surface area contributed by atoms with E-state index in [0.29, 0.717) is 31.7 Å². The molecular weight excluding hydrogens is 360 g/mol. The summed E-state index contributed by atoms with van der Waals surface area (Å²) in [7, 11) is -0.631. The number of rotatable bonds is 5. The number of methoxy groups -OCH3 is 1. The van der Waals surface area contributed by atoms with Crippen molar-refractivity contribution in [3.63, 3.8) is 0 Å². The molecular formula is C16H26N4O5S. The quantitative estimate of drug-likeness (QED) is 0.611. The fourth-order valence-corrected chi connectivity index (χ4v) is 3.91. The molecule has 1 aliphatic heterocycles. The largest absolute Gasteiger partial charge is 0.489 e. The summed E-state index contributed by atoms with van der Waals surface area (Å²) in [4.78, 5) is 12.9. The molecule has 26 heavy (non-hydrogen) atoms. The molecule has 0 saturated carbocycles. The van der Waals surface area contributed by atoms with Crippen molar-refractivity contribution in [3.8, 4) is 5.75 Å². The highest BCUT2D eigenvalue weighted by Crippen LogP contribution is 2.40. The second kappa shape index (κ2) is 7.37. The Kier molecular flexibility index (Phi) is 5.79. The SMILES string of the molecule is COc1c(NS(=O)(=O)N2CCN(C)CC2)cc(C(C)(C)C)cc1[N+](=O)[O-]. The first kappa shape index (κ1) is 20.4. The van der Waals surface area contributed by atoms with E-state index in [2.05, 4.69) is 4.72 Å². The molecule has 0 bridgehead atoms. The molecule has 0 radical (unpaired) electrons. The molecule has 0 amide bonds. The molecule has 1 fully saturated rings. The van der Waals surface area contributed by atoms with Gasteiger partial charge in [0.05, 0.1) is 17.7 Å². The Morgan fingerprint density at radius 2 is 1.77 bits per heavy atom. The van der Waals surface area contributed by atoms with Gasteiger partial charge in [-0.15, -0.1) is 0 Å². The molecule has 1 saturated heterocycles. The number of ether oxygens (including phenoxy) is 1. The van der Waals surface area contributed by atoms with Crippen molar-refractivity contribution < 1.29 is 18.1 Å². The number of nitrogens with one attached hydrogen (secondary N) is 1. The van der Waals surface area contributed by atoms with Gasteiger partial charge in [-0.05, 0) is 24.1 Å². The van der Waals surface area contributed by atoms with Gasteiger partial charge in [0.15, 0.2) is 0 Å². The van der Waals surface area contributed by atoms with Crippen LogP contribution in [0.4, 0.5) is 11.4 Å². The molecule has 10 heteroatoms. The lowest BCUT2D eigenvalue weighted by atomic mass is 9.86. The number of likely N-dealkylation sites (N-methyl/N-ethyl adjacent to an activating group) is 1. The number of nitro benzene ring substituents is 1. The average Bonchev–Trinajstić information content (AvgIpc) is 2.53. The Bertz CT molecular complexity index is 781. The van der Waals surface area contributed by atoms with E-state index in [1.807, 2.05) is 32.7 Å². The predicted octanol–water partition coefficient (Wildman–Crippen LogP) is 1.80. The predicted molar refractivity (Wildman–Crippen MR) is 100.0 cm³/mol. The third-order valence-corrected chi connectivity index (χ3v) is 5.90. The van der Waals surface area contributed by atoms with E-state index in [1.54, 1.807) is 6.07 Å². The van der Waals surface area contributed by atoms with Gasteiger partial charge in [0.2, 0.25) is 5.75 Å². The molecule has 1 aromatic carbocycles. The highest BCUT2D eigenvalue weighted by Gasteiger charge is 2.30. The number of nitro groups is 1. The number of hydrogen-bond donors (Lipinski definition) is 1. The summed E-state index contributed by atoms with van der Waals surface area (Å²) in [6.07, 6.45) is 0.